The summed E-state index contributed by atoms with van der Waals surface area (Å²) < 4.78 is 71.5. The number of rotatable bonds is 8. The maximum absolute atomic E-state index is 12.9. The highest BCUT2D eigenvalue weighted by molar-refractivity contribution is 7.87. The second-order valence-electron chi connectivity index (χ2n) is 7.02. The van der Waals surface area contributed by atoms with Crippen LogP contribution in [-0.4, -0.2) is 42.2 Å². The predicted molar refractivity (Wildman–Crippen MR) is 113 cm³/mol. The third-order valence-electron chi connectivity index (χ3n) is 4.58. The van der Waals surface area contributed by atoms with Gasteiger partial charge in [-0.05, 0) is 36.8 Å². The van der Waals surface area contributed by atoms with Gasteiger partial charge in [-0.1, -0.05) is 12.1 Å². The van der Waals surface area contributed by atoms with Crippen molar-refractivity contribution >= 4 is 27.8 Å². The molecule has 9 nitrogen and oxygen atoms in total. The van der Waals surface area contributed by atoms with Gasteiger partial charge >= 0.3 is 16.4 Å². The van der Waals surface area contributed by atoms with Crippen LogP contribution >= 0.6 is 0 Å². The third-order valence-corrected chi connectivity index (χ3v) is 6.03. The van der Waals surface area contributed by atoms with Gasteiger partial charge in [0, 0.05) is 37.6 Å². The van der Waals surface area contributed by atoms with Gasteiger partial charge in [-0.25, -0.2) is 4.72 Å². The van der Waals surface area contributed by atoms with Crippen molar-refractivity contribution in [1.29, 1.82) is 0 Å². The van der Waals surface area contributed by atoms with Crippen LogP contribution in [0.5, 0.6) is 0 Å². The van der Waals surface area contributed by atoms with Crippen molar-refractivity contribution in [3.05, 3.63) is 71.4 Å². The number of benzene rings is 1. The molecular weight excluding hydrogens is 463 g/mol. The van der Waals surface area contributed by atoms with Crippen molar-refractivity contribution in [3.63, 3.8) is 0 Å². The van der Waals surface area contributed by atoms with Crippen molar-refractivity contribution in [2.24, 2.45) is 0 Å². The second-order valence-corrected chi connectivity index (χ2v) is 8.80. The highest BCUT2D eigenvalue weighted by Gasteiger charge is 2.31. The Morgan fingerprint density at radius 2 is 1.97 bits per heavy atom. The summed E-state index contributed by atoms with van der Waals surface area (Å²) in [7, 11) is -2.88. The van der Waals surface area contributed by atoms with Gasteiger partial charge in [-0.2, -0.15) is 30.9 Å². The van der Waals surface area contributed by atoms with E-state index in [2.05, 4.69) is 15.3 Å². The minimum absolute atomic E-state index is 0.0695. The topological polar surface area (TPSA) is 117 Å². The molecule has 0 saturated heterocycles. The van der Waals surface area contributed by atoms with Crippen LogP contribution in [0.4, 0.5) is 24.9 Å². The van der Waals surface area contributed by atoms with E-state index in [0.29, 0.717) is 17.7 Å². The lowest BCUT2D eigenvalue weighted by Crippen LogP contribution is -2.42. The molecule has 0 spiro atoms. The Bertz CT molecular complexity index is 1230. The highest BCUT2D eigenvalue weighted by Crippen LogP contribution is 2.32. The monoisotopic (exact) mass is 483 g/mol. The molecule has 33 heavy (non-hydrogen) atoms. The zero-order chi connectivity index (χ0) is 24.2. The Labute approximate surface area is 187 Å². The number of nitrogens with zero attached hydrogens (tertiary/aromatic N) is 3. The van der Waals surface area contributed by atoms with Gasteiger partial charge in [0.1, 0.15) is 6.26 Å². The maximum atomic E-state index is 12.9. The van der Waals surface area contributed by atoms with Crippen molar-refractivity contribution in [2.45, 2.75) is 19.5 Å². The molecule has 13 heteroatoms. The summed E-state index contributed by atoms with van der Waals surface area (Å²) in [5.41, 5.74) is -0.0171. The van der Waals surface area contributed by atoms with Gasteiger partial charge < -0.3 is 9.73 Å². The Morgan fingerprint density at radius 1 is 1.21 bits per heavy atom. The van der Waals surface area contributed by atoms with Gasteiger partial charge in [-0.15, -0.1) is 0 Å². The molecule has 1 amide bonds. The molecule has 0 radical (unpaired) electrons. The van der Waals surface area contributed by atoms with Crippen LogP contribution in [0.15, 0.2) is 53.3 Å². The molecule has 176 valence electrons. The number of alkyl halides is 3. The summed E-state index contributed by atoms with van der Waals surface area (Å²) in [5, 5.41) is 2.56. The normalized spacial score (nSPS) is 12.1. The molecule has 3 rings (SSSR count). The molecule has 0 aliphatic heterocycles. The zero-order valence-electron chi connectivity index (χ0n) is 17.5. The number of pyridine rings is 1. The summed E-state index contributed by atoms with van der Waals surface area (Å²) in [5.74, 6) is -1.06. The maximum Gasteiger partial charge on any atom is 0.416 e. The number of nitrogens with one attached hydrogen (secondary N) is 2. The first-order valence-electron chi connectivity index (χ1n) is 9.54. The first-order valence-corrected chi connectivity index (χ1v) is 11.0. The number of hydrogen-bond donors (Lipinski definition) is 2. The van der Waals surface area contributed by atoms with E-state index in [0.717, 1.165) is 22.7 Å². The van der Waals surface area contributed by atoms with Gasteiger partial charge in [0.25, 0.3) is 11.9 Å². The smallest absolute Gasteiger partial charge is 0.416 e. The Balaban J connectivity index is 1.65. The number of aromatic nitrogens is 2. The first-order chi connectivity index (χ1) is 15.5. The summed E-state index contributed by atoms with van der Waals surface area (Å²) in [6, 6.07) is 8.06. The summed E-state index contributed by atoms with van der Waals surface area (Å²) in [4.78, 5) is 20.2. The Morgan fingerprint density at radius 3 is 2.64 bits per heavy atom. The molecule has 2 N–H and O–H groups in total. The van der Waals surface area contributed by atoms with Crippen LogP contribution < -0.4 is 10.0 Å². The van der Waals surface area contributed by atoms with Gasteiger partial charge in [0.2, 0.25) is 0 Å². The number of aryl methyl sites for hydroxylation is 1. The lowest BCUT2D eigenvalue weighted by atomic mass is 10.1. The van der Waals surface area contributed by atoms with Crippen molar-refractivity contribution in [2.75, 3.05) is 18.9 Å². The van der Waals surface area contributed by atoms with Crippen molar-refractivity contribution < 1.29 is 30.8 Å². The molecule has 0 aliphatic rings. The van der Waals surface area contributed by atoms with Gasteiger partial charge in [-0.3, -0.25) is 9.78 Å². The Kier molecular flexibility index (Phi) is 7.03. The number of hydrogen-bond acceptors (Lipinski definition) is 7. The second kappa shape index (κ2) is 9.58. The summed E-state index contributed by atoms with van der Waals surface area (Å²) >= 11 is 0. The minimum Gasteiger partial charge on any atom is -0.431 e. The lowest BCUT2D eigenvalue weighted by Gasteiger charge is -2.16. The fourth-order valence-corrected chi connectivity index (χ4v) is 3.50. The molecule has 2 aromatic heterocycles. The van der Waals surface area contributed by atoms with Crippen LogP contribution in [0.3, 0.4) is 0 Å². The predicted octanol–water partition coefficient (Wildman–Crippen LogP) is 3.29. The molecule has 0 unspecified atom stereocenters. The van der Waals surface area contributed by atoms with E-state index >= 15 is 0 Å². The fourth-order valence-electron chi connectivity index (χ4n) is 2.67. The molecular formula is C20H20F3N5O4S. The van der Waals surface area contributed by atoms with E-state index in [1.165, 1.54) is 13.1 Å². The third kappa shape index (κ3) is 6.29. The highest BCUT2D eigenvalue weighted by atomic mass is 32.2. The molecule has 0 bridgehead atoms. The zero-order valence-corrected chi connectivity index (χ0v) is 18.4. The molecule has 0 aliphatic carbocycles. The van der Waals surface area contributed by atoms with E-state index in [1.807, 2.05) is 4.72 Å². The molecule has 0 fully saturated rings. The summed E-state index contributed by atoms with van der Waals surface area (Å²) in [6.07, 6.45) is -1.73. The van der Waals surface area contributed by atoms with Crippen molar-refractivity contribution in [1.82, 2.24) is 19.0 Å². The molecule has 0 saturated carbocycles. The molecule has 1 aromatic carbocycles. The lowest BCUT2D eigenvalue weighted by molar-refractivity contribution is -0.137. The van der Waals surface area contributed by atoms with Gasteiger partial charge in [0.15, 0.2) is 5.69 Å². The average Bonchev–Trinajstić information content (AvgIpc) is 3.22. The van der Waals surface area contributed by atoms with E-state index in [1.54, 1.807) is 31.3 Å². The number of oxazole rings is 1. The number of likely N-dealkylation sites (N-methyl/N-ethyl adjacent to an activating group) is 1. The van der Waals surface area contributed by atoms with Gasteiger partial charge in [0.05, 0.1) is 5.56 Å². The van der Waals surface area contributed by atoms with Crippen LogP contribution in [0, 0.1) is 6.92 Å². The van der Waals surface area contributed by atoms with Crippen LogP contribution in [0.2, 0.25) is 0 Å². The number of carbonyl (C=O) groups is 1. The summed E-state index contributed by atoms with van der Waals surface area (Å²) in [6.45, 7) is 1.65. The molecule has 3 aromatic rings. The van der Waals surface area contributed by atoms with Crippen molar-refractivity contribution in [3.8, 4) is 0 Å². The molecule has 2 heterocycles. The fraction of sp³-hybridized carbons (Fsp3) is 0.250. The number of amides is 1. The quantitative estimate of drug-likeness (QED) is 0.505. The number of halogens is 3. The Hall–Kier alpha value is -3.45. The number of carbonyl (C=O) groups excluding carboxylic acids is 1. The van der Waals surface area contributed by atoms with Crippen LogP contribution in [0.25, 0.3) is 0 Å². The minimum atomic E-state index is -4.54. The number of anilines is 2. The van der Waals surface area contributed by atoms with E-state index in [9.17, 15) is 26.4 Å². The van der Waals surface area contributed by atoms with Crippen LogP contribution in [-0.2, 0) is 22.8 Å². The first kappa shape index (κ1) is 24.2. The average molecular weight is 483 g/mol. The van der Waals surface area contributed by atoms with E-state index < -0.39 is 27.9 Å². The SMILES string of the molecule is Cc1ccc(C(F)(F)F)cc1Nc1nc(C(=O)NS(=O)(=O)N(C)CCc2ccccn2)co1. The van der Waals surface area contributed by atoms with E-state index in [4.69, 9.17) is 4.42 Å². The molecule has 0 atom stereocenters. The standard InChI is InChI=1S/C20H20F3N5O4S/c1-13-6-7-14(20(21,22)23)11-16(13)25-19-26-17(12-32-19)18(29)27-33(30,31)28(2)10-8-15-5-3-4-9-24-15/h3-7,9,11-12H,8,10H2,1-2H3,(H,25,26)(H,27,29). The van der Waals surface area contributed by atoms with E-state index in [-0.39, 0.29) is 23.9 Å². The largest absolute Gasteiger partial charge is 0.431 e. The van der Waals surface area contributed by atoms with Crippen LogP contribution in [0.1, 0.15) is 27.3 Å².